The van der Waals surface area contributed by atoms with E-state index in [0.717, 1.165) is 27.4 Å². The fourth-order valence-electron chi connectivity index (χ4n) is 2.32. The summed E-state index contributed by atoms with van der Waals surface area (Å²) in [5.41, 5.74) is 3.67. The highest BCUT2D eigenvalue weighted by molar-refractivity contribution is 7.17. The molecule has 3 rings (SSSR count). The summed E-state index contributed by atoms with van der Waals surface area (Å²) in [6.45, 7) is 6.35. The summed E-state index contributed by atoms with van der Waals surface area (Å²) >= 11 is 1.60. The second-order valence-electron chi connectivity index (χ2n) is 5.23. The van der Waals surface area contributed by atoms with Crippen LogP contribution in [0.1, 0.15) is 40.7 Å². The molecule has 2 heterocycles. The Morgan fingerprint density at radius 2 is 1.95 bits per heavy atom. The van der Waals surface area contributed by atoms with E-state index in [1.54, 1.807) is 11.3 Å². The van der Waals surface area contributed by atoms with Crippen molar-refractivity contribution in [1.82, 2.24) is 9.38 Å². The molecule has 0 N–H and O–H groups in total. The Bertz CT molecular complexity index is 766. The van der Waals surface area contributed by atoms with Crippen molar-refractivity contribution in [3.8, 4) is 11.3 Å². The Balaban J connectivity index is 2.13. The van der Waals surface area contributed by atoms with E-state index in [0.29, 0.717) is 11.6 Å². The van der Waals surface area contributed by atoms with Gasteiger partial charge < -0.3 is 0 Å². The number of carbonyl (C=O) groups is 1. The SMILES string of the molecule is Cc1cn2c(C=O)c(-c3ccc(C(C)C)cc3)nc2s1. The summed E-state index contributed by atoms with van der Waals surface area (Å²) in [6.07, 6.45) is 2.85. The molecule has 0 radical (unpaired) electrons. The van der Waals surface area contributed by atoms with Gasteiger partial charge in [0.15, 0.2) is 11.2 Å². The first-order valence-corrected chi connectivity index (χ1v) is 7.46. The second kappa shape index (κ2) is 4.87. The minimum Gasteiger partial charge on any atom is -0.296 e. The van der Waals surface area contributed by atoms with Gasteiger partial charge in [0.05, 0.1) is 0 Å². The molecule has 0 bridgehead atoms. The van der Waals surface area contributed by atoms with Crippen molar-refractivity contribution in [2.24, 2.45) is 0 Å². The zero-order valence-electron chi connectivity index (χ0n) is 11.8. The summed E-state index contributed by atoms with van der Waals surface area (Å²) in [5, 5.41) is 0. The molecule has 0 aliphatic rings. The van der Waals surface area contributed by atoms with Gasteiger partial charge in [0.1, 0.15) is 11.4 Å². The number of aldehydes is 1. The third-order valence-corrected chi connectivity index (χ3v) is 4.34. The second-order valence-corrected chi connectivity index (χ2v) is 6.45. The van der Waals surface area contributed by atoms with Crippen LogP contribution in [0, 0.1) is 6.92 Å². The summed E-state index contributed by atoms with van der Waals surface area (Å²) in [4.78, 5) is 18.0. The molecule has 0 aliphatic carbocycles. The number of benzene rings is 1. The van der Waals surface area contributed by atoms with Gasteiger partial charge >= 0.3 is 0 Å². The standard InChI is InChI=1S/C16H16N2OS/c1-10(2)12-4-6-13(7-5-12)15-14(9-19)18-8-11(3)20-16(18)17-15/h4-10H,1-3H3. The molecule has 4 heteroatoms. The van der Waals surface area contributed by atoms with E-state index < -0.39 is 0 Å². The number of hydrogen-bond donors (Lipinski definition) is 0. The lowest BCUT2D eigenvalue weighted by Gasteiger charge is -2.06. The molecule has 0 saturated heterocycles. The van der Waals surface area contributed by atoms with Crippen LogP contribution in [0.4, 0.5) is 0 Å². The number of aryl methyl sites for hydroxylation is 1. The lowest BCUT2D eigenvalue weighted by Crippen LogP contribution is -1.91. The van der Waals surface area contributed by atoms with Crippen molar-refractivity contribution in [2.45, 2.75) is 26.7 Å². The molecule has 2 aromatic heterocycles. The average Bonchev–Trinajstić information content (AvgIpc) is 2.94. The number of imidazole rings is 1. The van der Waals surface area contributed by atoms with E-state index in [1.807, 2.05) is 29.7 Å². The zero-order valence-corrected chi connectivity index (χ0v) is 12.6. The smallest absolute Gasteiger partial charge is 0.195 e. The average molecular weight is 284 g/mol. The maximum absolute atomic E-state index is 11.4. The summed E-state index contributed by atoms with van der Waals surface area (Å²) < 4.78 is 1.87. The van der Waals surface area contributed by atoms with Gasteiger partial charge in [-0.05, 0) is 18.4 Å². The molecular formula is C16H16N2OS. The monoisotopic (exact) mass is 284 g/mol. The highest BCUT2D eigenvalue weighted by Gasteiger charge is 2.15. The van der Waals surface area contributed by atoms with Gasteiger partial charge in [-0.3, -0.25) is 9.20 Å². The minimum absolute atomic E-state index is 0.503. The highest BCUT2D eigenvalue weighted by Crippen LogP contribution is 2.28. The van der Waals surface area contributed by atoms with Crippen molar-refractivity contribution in [3.05, 3.63) is 46.6 Å². The quantitative estimate of drug-likeness (QED) is 0.672. The maximum atomic E-state index is 11.4. The number of nitrogens with zero attached hydrogens (tertiary/aromatic N) is 2. The molecule has 102 valence electrons. The topological polar surface area (TPSA) is 34.4 Å². The van der Waals surface area contributed by atoms with Gasteiger partial charge in [0.2, 0.25) is 0 Å². The van der Waals surface area contributed by atoms with Crippen LogP contribution in [0.15, 0.2) is 30.5 Å². The Hall–Kier alpha value is -1.94. The summed E-state index contributed by atoms with van der Waals surface area (Å²) in [5.74, 6) is 0.503. The molecule has 0 unspecified atom stereocenters. The van der Waals surface area contributed by atoms with Crippen molar-refractivity contribution in [2.75, 3.05) is 0 Å². The first-order valence-electron chi connectivity index (χ1n) is 6.64. The van der Waals surface area contributed by atoms with E-state index in [1.165, 1.54) is 5.56 Å². The fraction of sp³-hybridized carbons (Fsp3) is 0.250. The van der Waals surface area contributed by atoms with E-state index in [9.17, 15) is 4.79 Å². The molecule has 1 aromatic carbocycles. The first-order chi connectivity index (χ1) is 9.60. The highest BCUT2D eigenvalue weighted by atomic mass is 32.1. The van der Waals surface area contributed by atoms with Crippen molar-refractivity contribution < 1.29 is 4.79 Å². The minimum atomic E-state index is 0.503. The molecule has 20 heavy (non-hydrogen) atoms. The summed E-state index contributed by atoms with van der Waals surface area (Å²) in [7, 11) is 0. The number of aromatic nitrogens is 2. The van der Waals surface area contributed by atoms with Crippen LogP contribution in [0.2, 0.25) is 0 Å². The van der Waals surface area contributed by atoms with Crippen molar-refractivity contribution >= 4 is 22.6 Å². The number of hydrogen-bond acceptors (Lipinski definition) is 3. The number of carbonyl (C=O) groups excluding carboxylic acids is 1. The lowest BCUT2D eigenvalue weighted by molar-refractivity contribution is 0.111. The van der Waals surface area contributed by atoms with Gasteiger partial charge in [-0.25, -0.2) is 4.98 Å². The summed E-state index contributed by atoms with van der Waals surface area (Å²) in [6, 6.07) is 8.30. The van der Waals surface area contributed by atoms with Gasteiger partial charge in [0, 0.05) is 16.6 Å². The molecule has 0 saturated carbocycles. The molecule has 3 aromatic rings. The predicted octanol–water partition coefficient (Wildman–Crippen LogP) is 4.31. The molecule has 0 aliphatic heterocycles. The van der Waals surface area contributed by atoms with Crippen LogP contribution < -0.4 is 0 Å². The van der Waals surface area contributed by atoms with Crippen LogP contribution in [-0.4, -0.2) is 15.7 Å². The third-order valence-electron chi connectivity index (χ3n) is 3.44. The normalized spacial score (nSPS) is 11.4. The van der Waals surface area contributed by atoms with E-state index in [4.69, 9.17) is 0 Å². The van der Waals surface area contributed by atoms with Crippen LogP contribution in [0.25, 0.3) is 16.2 Å². The molecule has 0 spiro atoms. The Morgan fingerprint density at radius 1 is 1.25 bits per heavy atom. The van der Waals surface area contributed by atoms with E-state index in [-0.39, 0.29) is 0 Å². The van der Waals surface area contributed by atoms with Gasteiger partial charge in [-0.1, -0.05) is 38.1 Å². The van der Waals surface area contributed by atoms with Gasteiger partial charge in [-0.2, -0.15) is 0 Å². The Kier molecular flexibility index (Phi) is 3.18. The number of thiazole rings is 1. The predicted molar refractivity (Wildman–Crippen MR) is 82.7 cm³/mol. The maximum Gasteiger partial charge on any atom is 0.195 e. The molecule has 3 nitrogen and oxygen atoms in total. The van der Waals surface area contributed by atoms with Gasteiger partial charge in [0.25, 0.3) is 0 Å². The molecular weight excluding hydrogens is 268 g/mol. The van der Waals surface area contributed by atoms with Crippen molar-refractivity contribution in [1.29, 1.82) is 0 Å². The molecule has 0 amide bonds. The number of fused-ring (bicyclic) bond motifs is 1. The van der Waals surface area contributed by atoms with Crippen LogP contribution in [-0.2, 0) is 0 Å². The molecule has 0 atom stereocenters. The Labute approximate surface area is 121 Å². The molecule has 0 fully saturated rings. The van der Waals surface area contributed by atoms with Gasteiger partial charge in [-0.15, -0.1) is 11.3 Å². The lowest BCUT2D eigenvalue weighted by atomic mass is 10.0. The number of rotatable bonds is 3. The van der Waals surface area contributed by atoms with Crippen LogP contribution in [0.5, 0.6) is 0 Å². The van der Waals surface area contributed by atoms with E-state index in [2.05, 4.69) is 31.0 Å². The van der Waals surface area contributed by atoms with Crippen molar-refractivity contribution in [3.63, 3.8) is 0 Å². The fourth-order valence-corrected chi connectivity index (χ4v) is 3.16. The zero-order chi connectivity index (χ0) is 14.3. The third kappa shape index (κ3) is 2.06. The van der Waals surface area contributed by atoms with Crippen LogP contribution >= 0.6 is 11.3 Å². The van der Waals surface area contributed by atoms with E-state index >= 15 is 0 Å². The van der Waals surface area contributed by atoms with Crippen LogP contribution in [0.3, 0.4) is 0 Å². The first kappa shape index (κ1) is 13.1. The Morgan fingerprint density at radius 3 is 2.55 bits per heavy atom. The largest absolute Gasteiger partial charge is 0.296 e.